The van der Waals surface area contributed by atoms with E-state index in [9.17, 15) is 13.2 Å². The fourth-order valence-electron chi connectivity index (χ4n) is 3.32. The van der Waals surface area contributed by atoms with Crippen LogP contribution in [0.1, 0.15) is 0 Å². The molecule has 1 aliphatic rings. The van der Waals surface area contributed by atoms with Crippen molar-refractivity contribution >= 4 is 21.1 Å². The van der Waals surface area contributed by atoms with Gasteiger partial charge in [-0.05, 0) is 30.3 Å². The maximum atomic E-state index is 12.9. The summed E-state index contributed by atoms with van der Waals surface area (Å²) in [6, 6.07) is 14.3. The highest BCUT2D eigenvalue weighted by atomic mass is 32.2. The van der Waals surface area contributed by atoms with Gasteiger partial charge in [-0.2, -0.15) is 4.31 Å². The molecule has 1 fully saturated rings. The smallest absolute Gasteiger partial charge is 0.323 e. The van der Waals surface area contributed by atoms with E-state index < -0.39 is 10.0 Å². The maximum absolute atomic E-state index is 12.9. The van der Waals surface area contributed by atoms with Crippen LogP contribution in [-0.2, 0) is 10.0 Å². The van der Waals surface area contributed by atoms with Crippen molar-refractivity contribution in [1.82, 2.24) is 19.2 Å². The van der Waals surface area contributed by atoms with Gasteiger partial charge < -0.3 is 14.7 Å². The van der Waals surface area contributed by atoms with Crippen molar-refractivity contribution in [2.45, 2.75) is 4.90 Å². The SMILES string of the molecule is O=c1[nH]c2ccc(S(=O)(=O)N3CCN(CCOc4ccccc4)CC3)cc2[nH]1. The number of aromatic nitrogens is 2. The van der Waals surface area contributed by atoms with E-state index in [0.717, 1.165) is 12.3 Å². The Hall–Kier alpha value is -2.62. The molecular formula is C19H22N4O4S. The first kappa shape index (κ1) is 18.7. The monoisotopic (exact) mass is 402 g/mol. The van der Waals surface area contributed by atoms with Crippen LogP contribution in [0.3, 0.4) is 0 Å². The van der Waals surface area contributed by atoms with E-state index in [0.29, 0.717) is 43.8 Å². The molecule has 0 aliphatic carbocycles. The van der Waals surface area contributed by atoms with Crippen molar-refractivity contribution in [2.24, 2.45) is 0 Å². The lowest BCUT2D eigenvalue weighted by molar-refractivity contribution is 0.159. The average molecular weight is 402 g/mol. The van der Waals surface area contributed by atoms with Crippen LogP contribution in [0, 0.1) is 0 Å². The summed E-state index contributed by atoms with van der Waals surface area (Å²) < 4.78 is 33.1. The van der Waals surface area contributed by atoms with Crippen molar-refractivity contribution in [2.75, 3.05) is 39.3 Å². The average Bonchev–Trinajstić information content (AvgIpc) is 3.08. The molecule has 28 heavy (non-hydrogen) atoms. The number of nitrogens with zero attached hydrogens (tertiary/aromatic N) is 2. The Morgan fingerprint density at radius 1 is 0.929 bits per heavy atom. The van der Waals surface area contributed by atoms with E-state index in [1.54, 1.807) is 6.07 Å². The van der Waals surface area contributed by atoms with E-state index in [4.69, 9.17) is 4.74 Å². The highest BCUT2D eigenvalue weighted by molar-refractivity contribution is 7.89. The molecule has 2 heterocycles. The first-order valence-corrected chi connectivity index (χ1v) is 10.6. The van der Waals surface area contributed by atoms with Crippen molar-refractivity contribution in [3.8, 4) is 5.75 Å². The lowest BCUT2D eigenvalue weighted by Gasteiger charge is -2.33. The summed E-state index contributed by atoms with van der Waals surface area (Å²) in [7, 11) is -3.59. The van der Waals surface area contributed by atoms with E-state index in [1.807, 2.05) is 30.3 Å². The number of nitrogens with one attached hydrogen (secondary N) is 2. The highest BCUT2D eigenvalue weighted by Gasteiger charge is 2.28. The van der Waals surface area contributed by atoms with Gasteiger partial charge in [0.2, 0.25) is 10.0 Å². The number of aromatic amines is 2. The van der Waals surface area contributed by atoms with Crippen LogP contribution >= 0.6 is 0 Å². The zero-order chi connectivity index (χ0) is 19.6. The van der Waals surface area contributed by atoms with Crippen LogP contribution in [0.2, 0.25) is 0 Å². The molecule has 0 spiro atoms. The Morgan fingerprint density at radius 3 is 2.39 bits per heavy atom. The third-order valence-electron chi connectivity index (χ3n) is 4.88. The zero-order valence-electron chi connectivity index (χ0n) is 15.3. The number of sulfonamides is 1. The lowest BCUT2D eigenvalue weighted by atomic mass is 10.3. The van der Waals surface area contributed by atoms with Gasteiger partial charge in [-0.15, -0.1) is 0 Å². The summed E-state index contributed by atoms with van der Waals surface area (Å²) in [5.74, 6) is 0.835. The first-order valence-electron chi connectivity index (χ1n) is 9.15. The summed E-state index contributed by atoms with van der Waals surface area (Å²) >= 11 is 0. The molecule has 1 aliphatic heterocycles. The number of ether oxygens (including phenoxy) is 1. The molecular weight excluding hydrogens is 380 g/mol. The predicted octanol–water partition coefficient (Wildman–Crippen LogP) is 1.24. The van der Waals surface area contributed by atoms with Crippen LogP contribution in [0.25, 0.3) is 11.0 Å². The Kier molecular flexibility index (Phi) is 5.21. The number of rotatable bonds is 6. The second-order valence-corrected chi connectivity index (χ2v) is 8.63. The number of H-pyrrole nitrogens is 2. The molecule has 0 unspecified atom stereocenters. The standard InChI is InChI=1S/C19H22N4O4S/c24-19-20-17-7-6-16(14-18(17)21-19)28(25,26)23-10-8-22(9-11-23)12-13-27-15-4-2-1-3-5-15/h1-7,14H,8-13H2,(H2,20,21,24). The summed E-state index contributed by atoms with van der Waals surface area (Å²) in [4.78, 5) is 19.0. The molecule has 4 rings (SSSR count). The molecule has 9 heteroatoms. The largest absolute Gasteiger partial charge is 0.492 e. The molecule has 8 nitrogen and oxygen atoms in total. The summed E-state index contributed by atoms with van der Waals surface area (Å²) in [6.45, 7) is 3.47. The van der Waals surface area contributed by atoms with Gasteiger partial charge in [0.05, 0.1) is 15.9 Å². The summed E-state index contributed by atoms with van der Waals surface area (Å²) in [5, 5.41) is 0. The molecule has 0 saturated carbocycles. The third-order valence-corrected chi connectivity index (χ3v) is 6.77. The van der Waals surface area contributed by atoms with Gasteiger partial charge in [-0.1, -0.05) is 18.2 Å². The number of hydrogen-bond acceptors (Lipinski definition) is 5. The number of benzene rings is 2. The number of hydrogen-bond donors (Lipinski definition) is 2. The van der Waals surface area contributed by atoms with Gasteiger partial charge >= 0.3 is 5.69 Å². The number of imidazole rings is 1. The van der Waals surface area contributed by atoms with Crippen molar-refractivity contribution < 1.29 is 13.2 Å². The predicted molar refractivity (Wildman–Crippen MR) is 106 cm³/mol. The Balaban J connectivity index is 1.34. The summed E-state index contributed by atoms with van der Waals surface area (Å²) in [6.07, 6.45) is 0. The van der Waals surface area contributed by atoms with Crippen molar-refractivity contribution in [3.63, 3.8) is 0 Å². The molecule has 1 aromatic heterocycles. The van der Waals surface area contributed by atoms with Gasteiger partial charge in [0.25, 0.3) is 0 Å². The van der Waals surface area contributed by atoms with Crippen LogP contribution in [0.15, 0.2) is 58.2 Å². The minimum atomic E-state index is -3.59. The molecule has 148 valence electrons. The fraction of sp³-hybridized carbons (Fsp3) is 0.316. The van der Waals surface area contributed by atoms with E-state index in [2.05, 4.69) is 14.9 Å². The first-order chi connectivity index (χ1) is 13.5. The van der Waals surface area contributed by atoms with Gasteiger partial charge in [0.15, 0.2) is 0 Å². The highest BCUT2D eigenvalue weighted by Crippen LogP contribution is 2.20. The molecule has 0 atom stereocenters. The molecule has 0 radical (unpaired) electrons. The second-order valence-electron chi connectivity index (χ2n) is 6.69. The molecule has 2 N–H and O–H groups in total. The van der Waals surface area contributed by atoms with E-state index in [-0.39, 0.29) is 10.6 Å². The maximum Gasteiger partial charge on any atom is 0.323 e. The molecule has 0 bridgehead atoms. The molecule has 1 saturated heterocycles. The van der Waals surface area contributed by atoms with Crippen LogP contribution in [-0.4, -0.2) is 66.9 Å². The fourth-order valence-corrected chi connectivity index (χ4v) is 4.77. The lowest BCUT2D eigenvalue weighted by Crippen LogP contribution is -2.49. The van der Waals surface area contributed by atoms with Crippen LogP contribution in [0.5, 0.6) is 5.75 Å². The topological polar surface area (TPSA) is 98.5 Å². The number of piperazine rings is 1. The molecule has 0 amide bonds. The molecule has 2 aromatic carbocycles. The van der Waals surface area contributed by atoms with Gasteiger partial charge in [-0.25, -0.2) is 13.2 Å². The minimum Gasteiger partial charge on any atom is -0.492 e. The number of para-hydroxylation sites is 1. The van der Waals surface area contributed by atoms with Crippen molar-refractivity contribution in [1.29, 1.82) is 0 Å². The van der Waals surface area contributed by atoms with Gasteiger partial charge in [0, 0.05) is 32.7 Å². The number of fused-ring (bicyclic) bond motifs is 1. The zero-order valence-corrected chi connectivity index (χ0v) is 16.1. The molecule has 3 aromatic rings. The van der Waals surface area contributed by atoms with Crippen LogP contribution in [0.4, 0.5) is 0 Å². The van der Waals surface area contributed by atoms with Crippen molar-refractivity contribution in [3.05, 3.63) is 59.0 Å². The van der Waals surface area contributed by atoms with Gasteiger partial charge in [0.1, 0.15) is 12.4 Å². The van der Waals surface area contributed by atoms with E-state index in [1.165, 1.54) is 16.4 Å². The summed E-state index contributed by atoms with van der Waals surface area (Å²) in [5.41, 5.74) is 0.728. The van der Waals surface area contributed by atoms with Crippen LogP contribution < -0.4 is 10.4 Å². The second kappa shape index (κ2) is 7.78. The Labute approximate surface area is 162 Å². The van der Waals surface area contributed by atoms with E-state index >= 15 is 0 Å². The third kappa shape index (κ3) is 3.96. The quantitative estimate of drug-likeness (QED) is 0.646. The van der Waals surface area contributed by atoms with Gasteiger partial charge in [-0.3, -0.25) is 4.90 Å². The Morgan fingerprint density at radius 2 is 1.64 bits per heavy atom. The normalized spacial score (nSPS) is 16.4. The Bertz CT molecular complexity index is 1100. The minimum absolute atomic E-state index is 0.191.